The van der Waals surface area contributed by atoms with E-state index in [0.29, 0.717) is 11.4 Å². The van der Waals surface area contributed by atoms with Crippen LogP contribution in [-0.2, 0) is 0 Å². The fourth-order valence-corrected chi connectivity index (χ4v) is 3.77. The van der Waals surface area contributed by atoms with Crippen molar-refractivity contribution < 1.29 is 9.18 Å². The number of hydrogen-bond donors (Lipinski definition) is 2. The Morgan fingerprint density at radius 3 is 2.56 bits per heavy atom. The minimum absolute atomic E-state index is 0.196. The normalized spacial score (nSPS) is 19.2. The van der Waals surface area contributed by atoms with Crippen LogP contribution in [0.2, 0.25) is 0 Å². The van der Waals surface area contributed by atoms with Gasteiger partial charge in [-0.05, 0) is 56.8 Å². The number of halogens is 1. The molecule has 5 nitrogen and oxygen atoms in total. The van der Waals surface area contributed by atoms with E-state index in [-0.39, 0.29) is 17.9 Å². The maximum atomic E-state index is 14.3. The van der Waals surface area contributed by atoms with Crippen molar-refractivity contribution in [2.45, 2.75) is 45.1 Å². The molecule has 0 aromatic heterocycles. The molecule has 0 radical (unpaired) electrons. The maximum Gasteiger partial charge on any atom is 0.319 e. The van der Waals surface area contributed by atoms with Crippen LogP contribution in [0.1, 0.15) is 39.0 Å². The molecule has 25 heavy (non-hydrogen) atoms. The SMILES string of the molecule is CCCN1CCC(NC(=O)Nc2ccc(N3CCCC3)c(F)c2)CC1. The van der Waals surface area contributed by atoms with Crippen molar-refractivity contribution in [3.63, 3.8) is 0 Å². The summed E-state index contributed by atoms with van der Waals surface area (Å²) in [6.07, 6.45) is 5.32. The molecule has 2 saturated heterocycles. The lowest BCUT2D eigenvalue weighted by atomic mass is 10.1. The fraction of sp³-hybridized carbons (Fsp3) is 0.632. The minimum Gasteiger partial charge on any atom is -0.369 e. The predicted molar refractivity (Wildman–Crippen MR) is 99.8 cm³/mol. The quantitative estimate of drug-likeness (QED) is 0.857. The standard InChI is InChI=1S/C19H29FN4O/c1-2-9-23-12-7-15(8-13-23)21-19(25)22-16-5-6-18(17(20)14-16)24-10-3-4-11-24/h5-6,14-15H,2-4,7-13H2,1H3,(H2,21,22,25). The first-order valence-electron chi connectivity index (χ1n) is 9.50. The van der Waals surface area contributed by atoms with E-state index in [1.807, 2.05) is 0 Å². The third-order valence-corrected chi connectivity index (χ3v) is 5.11. The van der Waals surface area contributed by atoms with Gasteiger partial charge in [0.25, 0.3) is 0 Å². The van der Waals surface area contributed by atoms with Gasteiger partial charge in [-0.3, -0.25) is 0 Å². The van der Waals surface area contributed by atoms with Crippen LogP contribution >= 0.6 is 0 Å². The molecule has 0 atom stereocenters. The molecule has 2 fully saturated rings. The highest BCUT2D eigenvalue weighted by Crippen LogP contribution is 2.26. The van der Waals surface area contributed by atoms with Gasteiger partial charge in [0, 0.05) is 37.9 Å². The van der Waals surface area contributed by atoms with Crippen LogP contribution in [0.5, 0.6) is 0 Å². The van der Waals surface area contributed by atoms with Crippen LogP contribution in [0.15, 0.2) is 18.2 Å². The van der Waals surface area contributed by atoms with Gasteiger partial charge in [-0.1, -0.05) is 6.92 Å². The molecular formula is C19H29FN4O. The van der Waals surface area contributed by atoms with Gasteiger partial charge in [-0.25, -0.2) is 9.18 Å². The molecule has 2 N–H and O–H groups in total. The topological polar surface area (TPSA) is 47.6 Å². The smallest absolute Gasteiger partial charge is 0.319 e. The van der Waals surface area contributed by atoms with Gasteiger partial charge in [0.1, 0.15) is 5.82 Å². The Labute approximate surface area is 149 Å². The number of likely N-dealkylation sites (tertiary alicyclic amines) is 1. The molecular weight excluding hydrogens is 319 g/mol. The Morgan fingerprint density at radius 1 is 1.20 bits per heavy atom. The summed E-state index contributed by atoms with van der Waals surface area (Å²) in [6, 6.07) is 4.90. The van der Waals surface area contributed by atoms with Crippen molar-refractivity contribution in [2.24, 2.45) is 0 Å². The summed E-state index contributed by atoms with van der Waals surface area (Å²) in [5, 5.41) is 5.77. The Hall–Kier alpha value is -1.82. The lowest BCUT2D eigenvalue weighted by Crippen LogP contribution is -2.46. The molecule has 138 valence electrons. The zero-order valence-corrected chi connectivity index (χ0v) is 15.1. The number of amides is 2. The van der Waals surface area contributed by atoms with Crippen LogP contribution < -0.4 is 15.5 Å². The summed E-state index contributed by atoms with van der Waals surface area (Å²) >= 11 is 0. The van der Waals surface area contributed by atoms with Crippen molar-refractivity contribution in [3.8, 4) is 0 Å². The summed E-state index contributed by atoms with van der Waals surface area (Å²) < 4.78 is 14.3. The first-order valence-corrected chi connectivity index (χ1v) is 9.50. The number of hydrogen-bond acceptors (Lipinski definition) is 3. The molecule has 2 heterocycles. The number of urea groups is 1. The summed E-state index contributed by atoms with van der Waals surface area (Å²) in [7, 11) is 0. The highest BCUT2D eigenvalue weighted by molar-refractivity contribution is 5.89. The molecule has 0 spiro atoms. The number of anilines is 2. The Morgan fingerprint density at radius 2 is 1.92 bits per heavy atom. The molecule has 0 unspecified atom stereocenters. The molecule has 2 aliphatic heterocycles. The minimum atomic E-state index is -0.271. The highest BCUT2D eigenvalue weighted by atomic mass is 19.1. The third kappa shape index (κ3) is 4.84. The van der Waals surface area contributed by atoms with E-state index in [0.717, 1.165) is 64.8 Å². The van der Waals surface area contributed by atoms with E-state index in [1.165, 1.54) is 6.07 Å². The molecule has 3 rings (SSSR count). The van der Waals surface area contributed by atoms with Gasteiger partial charge in [0.15, 0.2) is 0 Å². The van der Waals surface area contributed by atoms with Crippen LogP contribution in [0.3, 0.4) is 0 Å². The highest BCUT2D eigenvalue weighted by Gasteiger charge is 2.20. The van der Waals surface area contributed by atoms with E-state index < -0.39 is 0 Å². The van der Waals surface area contributed by atoms with Gasteiger partial charge < -0.3 is 20.4 Å². The van der Waals surface area contributed by atoms with Crippen molar-refractivity contribution >= 4 is 17.4 Å². The number of carbonyl (C=O) groups excluding carboxylic acids is 1. The second-order valence-corrected chi connectivity index (χ2v) is 7.07. The van der Waals surface area contributed by atoms with Crippen molar-refractivity contribution in [2.75, 3.05) is 42.9 Å². The molecule has 0 aliphatic carbocycles. The van der Waals surface area contributed by atoms with E-state index in [9.17, 15) is 9.18 Å². The molecule has 6 heteroatoms. The van der Waals surface area contributed by atoms with Gasteiger partial charge in [-0.15, -0.1) is 0 Å². The largest absolute Gasteiger partial charge is 0.369 e. The number of piperidine rings is 1. The zero-order chi connectivity index (χ0) is 17.6. The maximum absolute atomic E-state index is 14.3. The van der Waals surface area contributed by atoms with E-state index in [4.69, 9.17) is 0 Å². The van der Waals surface area contributed by atoms with Crippen LogP contribution in [-0.4, -0.2) is 49.7 Å². The van der Waals surface area contributed by atoms with E-state index in [2.05, 4.69) is 27.4 Å². The number of carbonyl (C=O) groups is 1. The lowest BCUT2D eigenvalue weighted by molar-refractivity contribution is 0.196. The van der Waals surface area contributed by atoms with E-state index in [1.54, 1.807) is 12.1 Å². The summed E-state index contributed by atoms with van der Waals surface area (Å²) in [4.78, 5) is 16.7. The molecule has 2 aliphatic rings. The first-order chi connectivity index (χ1) is 12.2. The zero-order valence-electron chi connectivity index (χ0n) is 15.1. The number of rotatable bonds is 5. The molecule has 2 amide bonds. The van der Waals surface area contributed by atoms with Gasteiger partial charge >= 0.3 is 6.03 Å². The van der Waals surface area contributed by atoms with Gasteiger partial charge in [0.2, 0.25) is 0 Å². The third-order valence-electron chi connectivity index (χ3n) is 5.11. The summed E-state index contributed by atoms with van der Waals surface area (Å²) in [5.74, 6) is -0.271. The number of nitrogens with zero attached hydrogens (tertiary/aromatic N) is 2. The molecule has 0 saturated carbocycles. The Bertz CT molecular complexity index is 581. The first kappa shape index (κ1) is 18.0. The second kappa shape index (κ2) is 8.52. The lowest BCUT2D eigenvalue weighted by Gasteiger charge is -2.32. The molecule has 1 aromatic carbocycles. The monoisotopic (exact) mass is 348 g/mol. The van der Waals surface area contributed by atoms with Crippen molar-refractivity contribution in [3.05, 3.63) is 24.0 Å². The summed E-state index contributed by atoms with van der Waals surface area (Å²) in [6.45, 7) is 7.17. The van der Waals surface area contributed by atoms with Gasteiger partial charge in [0.05, 0.1) is 5.69 Å². The number of benzene rings is 1. The summed E-state index contributed by atoms with van der Waals surface area (Å²) in [5.41, 5.74) is 1.13. The van der Waals surface area contributed by atoms with Crippen molar-refractivity contribution in [1.29, 1.82) is 0 Å². The van der Waals surface area contributed by atoms with Crippen LogP contribution in [0.4, 0.5) is 20.6 Å². The fourth-order valence-electron chi connectivity index (χ4n) is 3.77. The predicted octanol–water partition coefficient (Wildman–Crippen LogP) is 3.42. The van der Waals surface area contributed by atoms with Crippen LogP contribution in [0.25, 0.3) is 0 Å². The average molecular weight is 348 g/mol. The Kier molecular flexibility index (Phi) is 6.13. The average Bonchev–Trinajstić information content (AvgIpc) is 3.11. The Balaban J connectivity index is 1.49. The van der Waals surface area contributed by atoms with Crippen LogP contribution in [0, 0.1) is 5.82 Å². The van der Waals surface area contributed by atoms with E-state index >= 15 is 0 Å². The molecule has 1 aromatic rings. The second-order valence-electron chi connectivity index (χ2n) is 7.07. The number of nitrogens with one attached hydrogen (secondary N) is 2. The van der Waals surface area contributed by atoms with Crippen molar-refractivity contribution in [1.82, 2.24) is 10.2 Å². The molecule has 0 bridgehead atoms. The van der Waals surface area contributed by atoms with Gasteiger partial charge in [-0.2, -0.15) is 0 Å².